The molecule has 2 heterocycles. The summed E-state index contributed by atoms with van der Waals surface area (Å²) in [5, 5.41) is 0. The highest BCUT2D eigenvalue weighted by Gasteiger charge is 2.36. The van der Waals surface area contributed by atoms with Gasteiger partial charge in [0.1, 0.15) is 6.29 Å². The second-order valence-electron chi connectivity index (χ2n) is 8.54. The van der Waals surface area contributed by atoms with Crippen LogP contribution in [0, 0.1) is 6.92 Å². The van der Waals surface area contributed by atoms with Crippen LogP contribution in [0.15, 0.2) is 71.6 Å². The number of hydrogen-bond acceptors (Lipinski definition) is 6. The Morgan fingerprint density at radius 1 is 0.800 bits per heavy atom. The van der Waals surface area contributed by atoms with Crippen LogP contribution in [0.5, 0.6) is 0 Å². The van der Waals surface area contributed by atoms with Crippen molar-refractivity contribution in [3.63, 3.8) is 0 Å². The van der Waals surface area contributed by atoms with Gasteiger partial charge in [-0.2, -0.15) is 4.31 Å². The van der Waals surface area contributed by atoms with Crippen molar-refractivity contribution in [2.45, 2.75) is 11.8 Å². The quantitative estimate of drug-likeness (QED) is 0.404. The summed E-state index contributed by atoms with van der Waals surface area (Å²) < 4.78 is 27.9. The number of piperazine rings is 1. The van der Waals surface area contributed by atoms with Crippen molar-refractivity contribution in [1.82, 2.24) is 4.31 Å². The lowest BCUT2D eigenvalue weighted by molar-refractivity contribution is 0.0925. The van der Waals surface area contributed by atoms with Gasteiger partial charge in [0.05, 0.1) is 21.7 Å². The molecule has 1 fully saturated rings. The summed E-state index contributed by atoms with van der Waals surface area (Å²) in [5.41, 5.74) is 3.56. The molecule has 1 saturated heterocycles. The van der Waals surface area contributed by atoms with E-state index in [0.717, 1.165) is 22.4 Å². The molecule has 0 atom stereocenters. The Balaban J connectivity index is 1.30. The molecule has 0 aromatic heterocycles. The average molecular weight is 490 g/mol. The number of aryl methyl sites for hydroxylation is 1. The van der Waals surface area contributed by atoms with Crippen molar-refractivity contribution in [2.24, 2.45) is 0 Å². The van der Waals surface area contributed by atoms with Gasteiger partial charge in [-0.05, 0) is 67.1 Å². The molecule has 0 saturated carbocycles. The van der Waals surface area contributed by atoms with E-state index in [0.29, 0.717) is 48.6 Å². The maximum Gasteiger partial charge on any atom is 0.266 e. The van der Waals surface area contributed by atoms with Gasteiger partial charge in [0.2, 0.25) is 10.0 Å². The Morgan fingerprint density at radius 2 is 1.40 bits per heavy atom. The Hall–Kier alpha value is -3.82. The van der Waals surface area contributed by atoms with Crippen molar-refractivity contribution in [3.05, 3.63) is 89.0 Å². The molecule has 8 nitrogen and oxygen atoms in total. The molecular formula is C26H23N3O5S. The molecule has 178 valence electrons. The van der Waals surface area contributed by atoms with Crippen LogP contribution in [-0.4, -0.2) is 57.0 Å². The number of carbonyl (C=O) groups is 3. The number of amides is 2. The molecule has 2 aliphatic heterocycles. The maximum atomic E-state index is 13.2. The van der Waals surface area contributed by atoms with E-state index in [-0.39, 0.29) is 4.90 Å². The van der Waals surface area contributed by atoms with E-state index in [1.54, 1.807) is 30.3 Å². The molecule has 3 aromatic rings. The lowest BCUT2D eigenvalue weighted by atomic mass is 10.1. The van der Waals surface area contributed by atoms with E-state index in [1.165, 1.54) is 28.6 Å². The summed E-state index contributed by atoms with van der Waals surface area (Å²) in [6.07, 6.45) is 0.806. The zero-order chi connectivity index (χ0) is 24.7. The standard InChI is InChI=1S/C26H23N3O5S/c1-18-16-19(17-30)6-11-24(18)27-12-14-28(15-13-27)35(33,34)21-9-7-20(8-10-21)29-25(31)22-4-2-3-5-23(22)26(29)32/h2-11,16-17H,12-15H2,1H3. The molecule has 9 heteroatoms. The van der Waals surface area contributed by atoms with Crippen molar-refractivity contribution < 1.29 is 22.8 Å². The highest BCUT2D eigenvalue weighted by Crippen LogP contribution is 2.30. The fourth-order valence-corrected chi connectivity index (χ4v) is 6.04. The van der Waals surface area contributed by atoms with Gasteiger partial charge in [-0.15, -0.1) is 0 Å². The van der Waals surface area contributed by atoms with Gasteiger partial charge < -0.3 is 4.90 Å². The first kappa shape index (κ1) is 22.9. The molecular weight excluding hydrogens is 466 g/mol. The summed E-state index contributed by atoms with van der Waals surface area (Å²) in [5.74, 6) is -0.845. The van der Waals surface area contributed by atoms with E-state index in [9.17, 15) is 22.8 Å². The minimum absolute atomic E-state index is 0.109. The Labute approximate surface area is 203 Å². The first-order valence-electron chi connectivity index (χ1n) is 11.2. The topological polar surface area (TPSA) is 95.1 Å². The molecule has 0 N–H and O–H groups in total. The van der Waals surface area contributed by atoms with Gasteiger partial charge in [0, 0.05) is 37.4 Å². The summed E-state index contributed by atoms with van der Waals surface area (Å²) in [4.78, 5) is 39.7. The van der Waals surface area contributed by atoms with Gasteiger partial charge in [0.25, 0.3) is 11.8 Å². The zero-order valence-corrected chi connectivity index (χ0v) is 19.9. The van der Waals surface area contributed by atoms with Crippen molar-refractivity contribution >= 4 is 39.5 Å². The number of fused-ring (bicyclic) bond motifs is 1. The highest BCUT2D eigenvalue weighted by atomic mass is 32.2. The molecule has 0 aliphatic carbocycles. The zero-order valence-electron chi connectivity index (χ0n) is 19.0. The van der Waals surface area contributed by atoms with Crippen molar-refractivity contribution in [3.8, 4) is 0 Å². The number of carbonyl (C=O) groups excluding carboxylic acids is 3. The first-order chi connectivity index (χ1) is 16.8. The number of hydrogen-bond donors (Lipinski definition) is 0. The predicted octanol–water partition coefficient (Wildman–Crippen LogP) is 3.12. The number of sulfonamides is 1. The Morgan fingerprint density at radius 3 is 1.94 bits per heavy atom. The molecule has 0 radical (unpaired) electrons. The van der Waals surface area contributed by atoms with Crippen LogP contribution in [-0.2, 0) is 10.0 Å². The molecule has 3 aromatic carbocycles. The molecule has 35 heavy (non-hydrogen) atoms. The predicted molar refractivity (Wildman–Crippen MR) is 132 cm³/mol. The number of nitrogens with zero attached hydrogens (tertiary/aromatic N) is 3. The number of imide groups is 1. The third-order valence-electron chi connectivity index (χ3n) is 6.46. The number of aldehydes is 1. The lowest BCUT2D eigenvalue weighted by Gasteiger charge is -2.36. The highest BCUT2D eigenvalue weighted by molar-refractivity contribution is 7.89. The van der Waals surface area contributed by atoms with Crippen molar-refractivity contribution in [2.75, 3.05) is 36.0 Å². The fraction of sp³-hybridized carbons (Fsp3) is 0.192. The number of anilines is 2. The maximum absolute atomic E-state index is 13.2. The largest absolute Gasteiger partial charge is 0.369 e. The first-order valence-corrected chi connectivity index (χ1v) is 12.6. The molecule has 0 spiro atoms. The minimum Gasteiger partial charge on any atom is -0.369 e. The number of rotatable bonds is 5. The van der Waals surface area contributed by atoms with Gasteiger partial charge >= 0.3 is 0 Å². The van der Waals surface area contributed by atoms with Gasteiger partial charge in [-0.25, -0.2) is 13.3 Å². The van der Waals surface area contributed by atoms with Crippen LogP contribution >= 0.6 is 0 Å². The fourth-order valence-electron chi connectivity index (χ4n) is 4.62. The third kappa shape index (κ3) is 3.92. The van der Waals surface area contributed by atoms with Crippen LogP contribution < -0.4 is 9.80 Å². The second-order valence-corrected chi connectivity index (χ2v) is 10.5. The van der Waals surface area contributed by atoms with Crippen LogP contribution in [0.3, 0.4) is 0 Å². The van der Waals surface area contributed by atoms with Gasteiger partial charge in [0.15, 0.2) is 0 Å². The normalized spacial score (nSPS) is 16.5. The van der Waals surface area contributed by atoms with Crippen LogP contribution in [0.4, 0.5) is 11.4 Å². The van der Waals surface area contributed by atoms with Crippen LogP contribution in [0.1, 0.15) is 36.6 Å². The van der Waals surface area contributed by atoms with Gasteiger partial charge in [-0.3, -0.25) is 14.4 Å². The monoisotopic (exact) mass is 489 g/mol. The molecule has 2 aliphatic rings. The Bertz CT molecular complexity index is 1410. The molecule has 0 unspecified atom stereocenters. The molecule has 0 bridgehead atoms. The summed E-state index contributed by atoms with van der Waals surface area (Å²) in [7, 11) is -3.74. The van der Waals surface area contributed by atoms with E-state index in [2.05, 4.69) is 4.90 Å². The SMILES string of the molecule is Cc1cc(C=O)ccc1N1CCN(S(=O)(=O)c2ccc(N3C(=O)c4ccccc4C3=O)cc2)CC1. The van der Waals surface area contributed by atoms with E-state index in [4.69, 9.17) is 0 Å². The summed E-state index contributed by atoms with van der Waals surface area (Å²) >= 11 is 0. The average Bonchev–Trinajstić information content (AvgIpc) is 3.14. The molecule has 2 amide bonds. The second kappa shape index (κ2) is 8.75. The van der Waals surface area contributed by atoms with Crippen molar-refractivity contribution in [1.29, 1.82) is 0 Å². The smallest absolute Gasteiger partial charge is 0.266 e. The van der Waals surface area contributed by atoms with Crippen LogP contribution in [0.2, 0.25) is 0 Å². The van der Waals surface area contributed by atoms with E-state index >= 15 is 0 Å². The summed E-state index contributed by atoms with van der Waals surface area (Å²) in [6, 6.07) is 17.9. The Kier molecular flexibility index (Phi) is 5.74. The lowest BCUT2D eigenvalue weighted by Crippen LogP contribution is -2.48. The van der Waals surface area contributed by atoms with Crippen LogP contribution in [0.25, 0.3) is 0 Å². The summed E-state index contributed by atoms with van der Waals surface area (Å²) in [6.45, 7) is 3.61. The van der Waals surface area contributed by atoms with E-state index < -0.39 is 21.8 Å². The minimum atomic E-state index is -3.74. The number of benzene rings is 3. The molecule has 5 rings (SSSR count). The van der Waals surface area contributed by atoms with Gasteiger partial charge in [-0.1, -0.05) is 12.1 Å². The van der Waals surface area contributed by atoms with E-state index in [1.807, 2.05) is 19.1 Å². The third-order valence-corrected chi connectivity index (χ3v) is 8.38.